The number of nitrogens with zero attached hydrogens (tertiary/aromatic N) is 4. The van der Waals surface area contributed by atoms with Crippen molar-refractivity contribution in [1.82, 2.24) is 25.5 Å². The average molecular weight is 265 g/mol. The van der Waals surface area contributed by atoms with E-state index >= 15 is 0 Å². The van der Waals surface area contributed by atoms with E-state index in [1.54, 1.807) is 0 Å². The number of ether oxygens (including phenoxy) is 1. The normalized spacial score (nSPS) is 29.2. The molecule has 0 radical (unpaired) electrons. The second kappa shape index (κ2) is 4.18. The van der Waals surface area contributed by atoms with Crippen LogP contribution in [0.2, 0.25) is 0 Å². The summed E-state index contributed by atoms with van der Waals surface area (Å²) in [6.45, 7) is 7.26. The molecule has 7 heteroatoms. The molecule has 0 aromatic carbocycles. The topological polar surface area (TPSA) is 84.0 Å². The minimum absolute atomic E-state index is 0.196. The molecule has 2 unspecified atom stereocenters. The third kappa shape index (κ3) is 2.54. The van der Waals surface area contributed by atoms with Crippen LogP contribution < -0.4 is 0 Å². The van der Waals surface area contributed by atoms with Crippen molar-refractivity contribution in [1.29, 1.82) is 0 Å². The maximum absolute atomic E-state index is 11.9. The highest BCUT2D eigenvalue weighted by molar-refractivity contribution is 5.69. The van der Waals surface area contributed by atoms with Crippen LogP contribution in [0.1, 0.15) is 26.6 Å². The van der Waals surface area contributed by atoms with Crippen molar-refractivity contribution in [3.63, 3.8) is 0 Å². The van der Waals surface area contributed by atoms with Crippen LogP contribution in [0.25, 0.3) is 0 Å². The van der Waals surface area contributed by atoms with Crippen molar-refractivity contribution in [3.05, 3.63) is 5.82 Å². The average Bonchev–Trinajstić information content (AvgIpc) is 2.75. The van der Waals surface area contributed by atoms with Gasteiger partial charge < -0.3 is 9.64 Å². The molecule has 1 aromatic heterocycles. The van der Waals surface area contributed by atoms with E-state index in [0.29, 0.717) is 17.8 Å². The summed E-state index contributed by atoms with van der Waals surface area (Å²) >= 11 is 0. The standard InChI is InChI=1S/C12H19N5O2/c1-12(2,3)19-11(18)17-5-8-7(9(8)6-17)4-10-13-15-16-14-10/h7-9H,4-6H2,1-3H3,(H,13,14,15,16). The Balaban J connectivity index is 1.49. The minimum atomic E-state index is -0.423. The summed E-state index contributed by atoms with van der Waals surface area (Å²) in [7, 11) is 0. The van der Waals surface area contributed by atoms with Gasteiger partial charge in [0.1, 0.15) is 5.60 Å². The van der Waals surface area contributed by atoms with Crippen LogP contribution >= 0.6 is 0 Å². The number of aromatic amines is 1. The molecule has 7 nitrogen and oxygen atoms in total. The Morgan fingerprint density at radius 1 is 1.42 bits per heavy atom. The molecule has 1 aromatic rings. The molecule has 1 amide bonds. The van der Waals surface area contributed by atoms with Crippen molar-refractivity contribution in [3.8, 4) is 0 Å². The zero-order chi connectivity index (χ0) is 13.6. The van der Waals surface area contributed by atoms with Crippen molar-refractivity contribution < 1.29 is 9.53 Å². The number of tetrazole rings is 1. The molecular formula is C12H19N5O2. The summed E-state index contributed by atoms with van der Waals surface area (Å²) in [5.41, 5.74) is -0.423. The zero-order valence-corrected chi connectivity index (χ0v) is 11.5. The van der Waals surface area contributed by atoms with Crippen LogP contribution in [-0.2, 0) is 11.2 Å². The molecule has 19 heavy (non-hydrogen) atoms. The molecule has 1 saturated carbocycles. The lowest BCUT2D eigenvalue weighted by atomic mass is 10.2. The van der Waals surface area contributed by atoms with Gasteiger partial charge in [0.05, 0.1) is 0 Å². The predicted octanol–water partition coefficient (Wildman–Crippen LogP) is 0.855. The van der Waals surface area contributed by atoms with Crippen LogP contribution in [0.3, 0.4) is 0 Å². The van der Waals surface area contributed by atoms with E-state index in [2.05, 4.69) is 20.6 Å². The largest absolute Gasteiger partial charge is 0.444 e. The number of carbonyl (C=O) groups is 1. The fraction of sp³-hybridized carbons (Fsp3) is 0.833. The zero-order valence-electron chi connectivity index (χ0n) is 11.5. The van der Waals surface area contributed by atoms with E-state index in [-0.39, 0.29) is 6.09 Å². The molecule has 1 saturated heterocycles. The summed E-state index contributed by atoms with van der Waals surface area (Å²) in [4.78, 5) is 13.7. The van der Waals surface area contributed by atoms with E-state index in [4.69, 9.17) is 4.74 Å². The van der Waals surface area contributed by atoms with E-state index in [1.807, 2.05) is 25.7 Å². The summed E-state index contributed by atoms with van der Waals surface area (Å²) in [6.07, 6.45) is 0.659. The summed E-state index contributed by atoms with van der Waals surface area (Å²) < 4.78 is 5.38. The lowest BCUT2D eigenvalue weighted by Crippen LogP contribution is -2.37. The molecule has 1 aliphatic heterocycles. The Morgan fingerprint density at radius 2 is 2.11 bits per heavy atom. The molecular weight excluding hydrogens is 246 g/mol. The minimum Gasteiger partial charge on any atom is -0.444 e. The lowest BCUT2D eigenvalue weighted by molar-refractivity contribution is 0.0265. The van der Waals surface area contributed by atoms with Crippen LogP contribution in [0.5, 0.6) is 0 Å². The third-order valence-corrected chi connectivity index (χ3v) is 3.83. The fourth-order valence-electron chi connectivity index (χ4n) is 2.91. The molecule has 0 bridgehead atoms. The van der Waals surface area contributed by atoms with Gasteiger partial charge in [-0.25, -0.2) is 4.79 Å². The number of amides is 1. The third-order valence-electron chi connectivity index (χ3n) is 3.83. The number of likely N-dealkylation sites (tertiary alicyclic amines) is 1. The fourth-order valence-corrected chi connectivity index (χ4v) is 2.91. The number of piperidine rings is 1. The van der Waals surface area contributed by atoms with Crippen molar-refractivity contribution in [2.45, 2.75) is 32.8 Å². The Morgan fingerprint density at radius 3 is 2.63 bits per heavy atom. The van der Waals surface area contributed by atoms with E-state index in [1.165, 1.54) is 0 Å². The molecule has 2 aliphatic rings. The first kappa shape index (κ1) is 12.4. The van der Waals surface area contributed by atoms with Gasteiger partial charge in [-0.3, -0.25) is 0 Å². The van der Waals surface area contributed by atoms with Gasteiger partial charge in [0.2, 0.25) is 0 Å². The van der Waals surface area contributed by atoms with Crippen LogP contribution in [0.4, 0.5) is 4.79 Å². The van der Waals surface area contributed by atoms with Gasteiger partial charge in [0.25, 0.3) is 0 Å². The number of aromatic nitrogens is 4. The highest BCUT2D eigenvalue weighted by Gasteiger charge is 2.57. The molecule has 0 spiro atoms. The monoisotopic (exact) mass is 265 g/mol. The van der Waals surface area contributed by atoms with Gasteiger partial charge >= 0.3 is 6.09 Å². The Kier molecular flexibility index (Phi) is 2.72. The first-order valence-electron chi connectivity index (χ1n) is 6.64. The molecule has 2 atom stereocenters. The van der Waals surface area contributed by atoms with Crippen molar-refractivity contribution in [2.75, 3.05) is 13.1 Å². The second-order valence-electron chi connectivity index (χ2n) is 6.41. The number of hydrogen-bond acceptors (Lipinski definition) is 5. The van der Waals surface area contributed by atoms with E-state index in [9.17, 15) is 4.79 Å². The summed E-state index contributed by atoms with van der Waals surface area (Å²) in [6, 6.07) is 0. The predicted molar refractivity (Wildman–Crippen MR) is 66.2 cm³/mol. The van der Waals surface area contributed by atoms with Gasteiger partial charge in [-0.15, -0.1) is 10.2 Å². The molecule has 104 valence electrons. The molecule has 1 aliphatic carbocycles. The van der Waals surface area contributed by atoms with Crippen LogP contribution in [-0.4, -0.2) is 50.3 Å². The Bertz CT molecular complexity index is 455. The second-order valence-corrected chi connectivity index (χ2v) is 6.41. The number of nitrogens with one attached hydrogen (secondary N) is 1. The van der Waals surface area contributed by atoms with Gasteiger partial charge in [-0.05, 0) is 38.5 Å². The Hall–Kier alpha value is -1.66. The van der Waals surface area contributed by atoms with Gasteiger partial charge in [-0.2, -0.15) is 5.21 Å². The van der Waals surface area contributed by atoms with Crippen LogP contribution in [0.15, 0.2) is 0 Å². The lowest BCUT2D eigenvalue weighted by Gasteiger charge is -2.25. The number of hydrogen-bond donors (Lipinski definition) is 1. The summed E-state index contributed by atoms with van der Waals surface area (Å²) in [5.74, 6) is 2.51. The quantitative estimate of drug-likeness (QED) is 0.857. The SMILES string of the molecule is CC(C)(C)OC(=O)N1CC2C(Cc3nn[nH]n3)C2C1. The summed E-state index contributed by atoms with van der Waals surface area (Å²) in [5, 5.41) is 14.0. The molecule has 1 N–H and O–H groups in total. The highest BCUT2D eigenvalue weighted by Crippen LogP contribution is 2.53. The number of rotatable bonds is 2. The molecule has 3 rings (SSSR count). The van der Waals surface area contributed by atoms with Crippen molar-refractivity contribution >= 4 is 6.09 Å². The smallest absolute Gasteiger partial charge is 0.410 e. The number of fused-ring (bicyclic) bond motifs is 1. The number of H-pyrrole nitrogens is 1. The van der Waals surface area contributed by atoms with Gasteiger partial charge in [0.15, 0.2) is 5.82 Å². The number of carbonyl (C=O) groups excluding carboxylic acids is 1. The molecule has 2 heterocycles. The first-order valence-corrected chi connectivity index (χ1v) is 6.64. The van der Waals surface area contributed by atoms with Gasteiger partial charge in [-0.1, -0.05) is 5.21 Å². The Labute approximate surface area is 111 Å². The van der Waals surface area contributed by atoms with Crippen molar-refractivity contribution in [2.24, 2.45) is 17.8 Å². The highest BCUT2D eigenvalue weighted by atomic mass is 16.6. The van der Waals surface area contributed by atoms with Crippen LogP contribution in [0, 0.1) is 17.8 Å². The van der Waals surface area contributed by atoms with Gasteiger partial charge in [0, 0.05) is 19.5 Å². The maximum atomic E-state index is 11.9. The maximum Gasteiger partial charge on any atom is 0.410 e. The van der Waals surface area contributed by atoms with E-state index < -0.39 is 5.60 Å². The molecule has 2 fully saturated rings. The van der Waals surface area contributed by atoms with E-state index in [0.717, 1.165) is 25.3 Å². The first-order chi connectivity index (χ1) is 8.94.